The number of rotatable bonds is 3. The molecule has 0 radical (unpaired) electrons. The third kappa shape index (κ3) is 2.34. The second-order valence-corrected chi connectivity index (χ2v) is 4.95. The number of pyridine rings is 1. The van der Waals surface area contributed by atoms with Crippen LogP contribution in [-0.2, 0) is 0 Å². The molecule has 0 aromatic carbocycles. The van der Waals surface area contributed by atoms with Gasteiger partial charge < -0.3 is 5.32 Å². The molecule has 1 saturated carbocycles. The Hall–Kier alpha value is -1.75. The molecule has 17 heavy (non-hydrogen) atoms. The molecular formula is C12H11N3OS. The molecule has 0 aliphatic heterocycles. The molecule has 0 spiro atoms. The Morgan fingerprint density at radius 3 is 3.06 bits per heavy atom. The zero-order chi connectivity index (χ0) is 11.7. The molecule has 0 bridgehead atoms. The lowest BCUT2D eigenvalue weighted by molar-refractivity contribution is 0.103. The summed E-state index contributed by atoms with van der Waals surface area (Å²) in [5.74, 6) is 1.14. The molecule has 2 aromatic heterocycles. The predicted octanol–water partition coefficient (Wildman–Crippen LogP) is 2.67. The first-order valence-corrected chi connectivity index (χ1v) is 6.37. The molecule has 1 aliphatic rings. The summed E-state index contributed by atoms with van der Waals surface area (Å²) in [4.78, 5) is 20.4. The van der Waals surface area contributed by atoms with Gasteiger partial charge in [-0.05, 0) is 36.5 Å². The van der Waals surface area contributed by atoms with E-state index in [-0.39, 0.29) is 5.91 Å². The van der Waals surface area contributed by atoms with Gasteiger partial charge in [-0.15, -0.1) is 11.3 Å². The summed E-state index contributed by atoms with van der Waals surface area (Å²) in [6.45, 7) is 0. The molecule has 0 atom stereocenters. The summed E-state index contributed by atoms with van der Waals surface area (Å²) in [5, 5.41) is 2.79. The van der Waals surface area contributed by atoms with Crippen LogP contribution in [0.3, 0.4) is 0 Å². The Balaban J connectivity index is 1.76. The van der Waals surface area contributed by atoms with Crippen LogP contribution < -0.4 is 5.32 Å². The fraction of sp³-hybridized carbons (Fsp3) is 0.250. The lowest BCUT2D eigenvalue weighted by Gasteiger charge is -2.04. The molecule has 0 saturated heterocycles. The van der Waals surface area contributed by atoms with Gasteiger partial charge in [0.15, 0.2) is 0 Å². The zero-order valence-electron chi connectivity index (χ0n) is 9.09. The molecule has 1 amide bonds. The number of hydrogen-bond donors (Lipinski definition) is 1. The number of nitrogens with one attached hydrogen (secondary N) is 1. The lowest BCUT2D eigenvalue weighted by Crippen LogP contribution is -2.11. The van der Waals surface area contributed by atoms with Crippen LogP contribution >= 0.6 is 11.3 Å². The lowest BCUT2D eigenvalue weighted by atomic mass is 10.2. The van der Waals surface area contributed by atoms with Gasteiger partial charge in [-0.25, -0.2) is 4.98 Å². The van der Waals surface area contributed by atoms with E-state index in [0.29, 0.717) is 16.6 Å². The maximum atomic E-state index is 11.8. The number of carbonyl (C=O) groups is 1. The smallest absolute Gasteiger partial charge is 0.268 e. The van der Waals surface area contributed by atoms with Crippen LogP contribution in [0.5, 0.6) is 0 Å². The number of amides is 1. The molecule has 1 aliphatic carbocycles. The summed E-state index contributed by atoms with van der Waals surface area (Å²) < 4.78 is 0. The average Bonchev–Trinajstić information content (AvgIpc) is 3.04. The molecule has 0 unspecified atom stereocenters. The summed E-state index contributed by atoms with van der Waals surface area (Å²) in [6.07, 6.45) is 5.79. The van der Waals surface area contributed by atoms with E-state index in [9.17, 15) is 4.79 Å². The molecule has 1 N–H and O–H groups in total. The van der Waals surface area contributed by atoms with E-state index in [1.165, 1.54) is 29.7 Å². The standard InChI is InChI=1S/C12H11N3OS/c16-12(10-6-13-7-17-10)15-11-5-9(3-4-14-11)8-1-2-8/h3-8H,1-2H2,(H,14,15,16). The van der Waals surface area contributed by atoms with E-state index in [1.54, 1.807) is 17.9 Å². The summed E-state index contributed by atoms with van der Waals surface area (Å²) in [5.41, 5.74) is 2.91. The minimum atomic E-state index is -0.145. The number of aromatic nitrogens is 2. The van der Waals surface area contributed by atoms with E-state index >= 15 is 0 Å². The number of anilines is 1. The van der Waals surface area contributed by atoms with Gasteiger partial charge in [0.05, 0.1) is 11.7 Å². The van der Waals surface area contributed by atoms with E-state index in [2.05, 4.69) is 15.3 Å². The van der Waals surface area contributed by atoms with E-state index in [1.807, 2.05) is 12.1 Å². The third-order valence-electron chi connectivity index (χ3n) is 2.73. The van der Waals surface area contributed by atoms with Crippen molar-refractivity contribution >= 4 is 23.1 Å². The second-order valence-electron chi connectivity index (χ2n) is 4.07. The van der Waals surface area contributed by atoms with Crippen LogP contribution in [-0.4, -0.2) is 15.9 Å². The number of nitrogens with zero attached hydrogens (tertiary/aromatic N) is 2. The Bertz CT molecular complexity index is 534. The predicted molar refractivity (Wildman–Crippen MR) is 66.3 cm³/mol. The Morgan fingerprint density at radius 2 is 2.35 bits per heavy atom. The van der Waals surface area contributed by atoms with E-state index < -0.39 is 0 Å². The number of thiazole rings is 1. The summed E-state index contributed by atoms with van der Waals surface area (Å²) in [6, 6.07) is 3.97. The van der Waals surface area contributed by atoms with Crippen molar-refractivity contribution in [2.75, 3.05) is 5.32 Å². The highest BCUT2D eigenvalue weighted by Gasteiger charge is 2.23. The first-order chi connectivity index (χ1) is 8.33. The number of carbonyl (C=O) groups excluding carboxylic acids is 1. The van der Waals surface area contributed by atoms with Crippen molar-refractivity contribution in [3.63, 3.8) is 0 Å². The summed E-state index contributed by atoms with van der Waals surface area (Å²) in [7, 11) is 0. The second kappa shape index (κ2) is 4.25. The Labute approximate surface area is 103 Å². The van der Waals surface area contributed by atoms with Gasteiger partial charge in [0.2, 0.25) is 0 Å². The van der Waals surface area contributed by atoms with Crippen LogP contribution in [0.15, 0.2) is 30.0 Å². The quantitative estimate of drug-likeness (QED) is 0.904. The fourth-order valence-electron chi connectivity index (χ4n) is 1.69. The molecule has 3 rings (SSSR count). The highest BCUT2D eigenvalue weighted by molar-refractivity contribution is 7.11. The molecule has 4 nitrogen and oxygen atoms in total. The van der Waals surface area contributed by atoms with Crippen molar-refractivity contribution in [3.05, 3.63) is 40.5 Å². The minimum Gasteiger partial charge on any atom is -0.306 e. The zero-order valence-corrected chi connectivity index (χ0v) is 9.91. The Kier molecular flexibility index (Phi) is 2.60. The van der Waals surface area contributed by atoms with E-state index in [0.717, 1.165) is 0 Å². The van der Waals surface area contributed by atoms with E-state index in [4.69, 9.17) is 0 Å². The van der Waals surface area contributed by atoms with Crippen LogP contribution in [0, 0.1) is 0 Å². The van der Waals surface area contributed by atoms with Crippen molar-refractivity contribution in [1.29, 1.82) is 0 Å². The summed E-state index contributed by atoms with van der Waals surface area (Å²) >= 11 is 1.32. The van der Waals surface area contributed by atoms with Crippen molar-refractivity contribution in [1.82, 2.24) is 9.97 Å². The fourth-order valence-corrected chi connectivity index (χ4v) is 2.21. The maximum Gasteiger partial charge on any atom is 0.268 e. The van der Waals surface area contributed by atoms with Crippen LogP contribution in [0.4, 0.5) is 5.82 Å². The van der Waals surface area contributed by atoms with Crippen molar-refractivity contribution in [2.45, 2.75) is 18.8 Å². The average molecular weight is 245 g/mol. The first-order valence-electron chi connectivity index (χ1n) is 5.49. The van der Waals surface area contributed by atoms with Crippen LogP contribution in [0.2, 0.25) is 0 Å². The highest BCUT2D eigenvalue weighted by atomic mass is 32.1. The molecule has 2 heterocycles. The first kappa shape index (κ1) is 10.4. The maximum absolute atomic E-state index is 11.8. The number of hydrogen-bond acceptors (Lipinski definition) is 4. The molecule has 5 heteroatoms. The molecule has 2 aromatic rings. The van der Waals surface area contributed by atoms with Crippen molar-refractivity contribution in [3.8, 4) is 0 Å². The van der Waals surface area contributed by atoms with Gasteiger partial charge in [-0.1, -0.05) is 0 Å². The third-order valence-corrected chi connectivity index (χ3v) is 3.50. The minimum absolute atomic E-state index is 0.145. The van der Waals surface area contributed by atoms with Crippen LogP contribution in [0.1, 0.15) is 34.0 Å². The van der Waals surface area contributed by atoms with Crippen LogP contribution in [0.25, 0.3) is 0 Å². The Morgan fingerprint density at radius 1 is 1.47 bits per heavy atom. The van der Waals surface area contributed by atoms with Gasteiger partial charge in [-0.2, -0.15) is 0 Å². The van der Waals surface area contributed by atoms with Gasteiger partial charge in [0.1, 0.15) is 10.7 Å². The molecule has 86 valence electrons. The monoisotopic (exact) mass is 245 g/mol. The van der Waals surface area contributed by atoms with Gasteiger partial charge >= 0.3 is 0 Å². The highest BCUT2D eigenvalue weighted by Crippen LogP contribution is 2.40. The largest absolute Gasteiger partial charge is 0.306 e. The van der Waals surface area contributed by atoms with Crippen molar-refractivity contribution in [2.24, 2.45) is 0 Å². The SMILES string of the molecule is O=C(Nc1cc(C2CC2)ccn1)c1cncs1. The molecular weight excluding hydrogens is 234 g/mol. The normalized spacial score (nSPS) is 14.6. The van der Waals surface area contributed by atoms with Gasteiger partial charge in [-0.3, -0.25) is 9.78 Å². The van der Waals surface area contributed by atoms with Crippen molar-refractivity contribution < 1.29 is 4.79 Å². The van der Waals surface area contributed by atoms with Gasteiger partial charge in [0.25, 0.3) is 5.91 Å². The molecule has 1 fully saturated rings. The van der Waals surface area contributed by atoms with Gasteiger partial charge in [0, 0.05) is 6.20 Å². The topological polar surface area (TPSA) is 54.9 Å².